The lowest BCUT2D eigenvalue weighted by Crippen LogP contribution is -1.92. The minimum atomic E-state index is 0.408. The van der Waals surface area contributed by atoms with Crippen LogP contribution in [0.5, 0.6) is 5.75 Å². The van der Waals surface area contributed by atoms with Crippen LogP contribution in [0.1, 0.15) is 12.5 Å². The molecule has 0 aromatic heterocycles. The van der Waals surface area contributed by atoms with Crippen LogP contribution in [-0.2, 0) is 11.4 Å². The molecule has 0 aliphatic carbocycles. The number of ether oxygens (including phenoxy) is 1. The molecule has 0 spiro atoms. The quantitative estimate of drug-likeness (QED) is 0.522. The summed E-state index contributed by atoms with van der Waals surface area (Å²) < 4.78 is 5.13. The molecular weight excluding hydrogens is 166 g/mol. The average molecular weight is 178 g/mol. The first-order valence-electron chi connectivity index (χ1n) is 3.99. The summed E-state index contributed by atoms with van der Waals surface area (Å²) in [4.78, 5) is 4.95. The van der Waals surface area contributed by atoms with Crippen molar-refractivity contribution < 1.29 is 9.57 Å². The van der Waals surface area contributed by atoms with Gasteiger partial charge in [0.2, 0.25) is 0 Å². The highest BCUT2D eigenvalue weighted by Crippen LogP contribution is 2.17. The van der Waals surface area contributed by atoms with E-state index >= 15 is 0 Å². The molecule has 0 N–H and O–H groups in total. The molecule has 1 aromatic rings. The lowest BCUT2D eigenvalue weighted by atomic mass is 10.2. The Kier molecular flexibility index (Phi) is 3.82. The van der Waals surface area contributed by atoms with E-state index in [0.717, 1.165) is 11.3 Å². The van der Waals surface area contributed by atoms with Crippen LogP contribution in [0.2, 0.25) is 0 Å². The van der Waals surface area contributed by atoms with Gasteiger partial charge in [0.05, 0.1) is 7.11 Å². The largest absolute Gasteiger partial charge is 0.496 e. The number of benzene rings is 1. The second-order valence-electron chi connectivity index (χ2n) is 2.40. The normalized spacial score (nSPS) is 10.3. The fraction of sp³-hybridized carbons (Fsp3) is 0.300. The molecule has 0 amide bonds. The van der Waals surface area contributed by atoms with Gasteiger partial charge in [0.1, 0.15) is 18.6 Å². The van der Waals surface area contributed by atoms with Gasteiger partial charge >= 0.3 is 0 Å². The minimum absolute atomic E-state index is 0.408. The van der Waals surface area contributed by atoms with Gasteiger partial charge in [0, 0.05) is 5.56 Å². The van der Waals surface area contributed by atoms with Crippen molar-refractivity contribution in [2.24, 2.45) is 5.16 Å². The van der Waals surface area contributed by atoms with Crippen molar-refractivity contribution in [3.05, 3.63) is 29.8 Å². The van der Waals surface area contributed by atoms with Gasteiger partial charge in [-0.25, -0.2) is 0 Å². The van der Waals surface area contributed by atoms with Crippen molar-refractivity contribution in [2.45, 2.75) is 13.5 Å². The van der Waals surface area contributed by atoms with Crippen LogP contribution in [0.25, 0.3) is 0 Å². The predicted octanol–water partition coefficient (Wildman–Crippen LogP) is 2.09. The Bertz CT molecular complexity index is 284. The monoisotopic (exact) mass is 178 g/mol. The summed E-state index contributed by atoms with van der Waals surface area (Å²) in [7, 11) is 1.63. The van der Waals surface area contributed by atoms with Crippen LogP contribution in [0, 0.1) is 0 Å². The van der Waals surface area contributed by atoms with E-state index in [1.807, 2.05) is 24.3 Å². The molecule has 0 saturated heterocycles. The molecule has 3 nitrogen and oxygen atoms in total. The van der Waals surface area contributed by atoms with Crippen molar-refractivity contribution in [3.63, 3.8) is 0 Å². The van der Waals surface area contributed by atoms with Gasteiger partial charge in [0.25, 0.3) is 0 Å². The molecule has 69 valence electrons. The van der Waals surface area contributed by atoms with Crippen LogP contribution in [0.3, 0.4) is 0 Å². The molecule has 1 radical (unpaired) electrons. The third-order valence-corrected chi connectivity index (χ3v) is 1.57. The second kappa shape index (κ2) is 5.19. The SMILES string of the molecule is C/[C]=N\OCc1ccccc1OC. The molecule has 0 bridgehead atoms. The molecule has 1 aromatic carbocycles. The number of para-hydroxylation sites is 1. The van der Waals surface area contributed by atoms with E-state index in [1.165, 1.54) is 0 Å². The molecule has 0 atom stereocenters. The first-order chi connectivity index (χ1) is 6.38. The zero-order valence-electron chi connectivity index (χ0n) is 7.78. The predicted molar refractivity (Wildman–Crippen MR) is 50.9 cm³/mol. The van der Waals surface area contributed by atoms with E-state index in [0.29, 0.717) is 6.61 Å². The summed E-state index contributed by atoms with van der Waals surface area (Å²) in [6.07, 6.45) is 2.54. The molecule has 0 fully saturated rings. The topological polar surface area (TPSA) is 30.8 Å². The first kappa shape index (κ1) is 9.58. The number of rotatable bonds is 4. The van der Waals surface area contributed by atoms with Gasteiger partial charge in [-0.1, -0.05) is 23.4 Å². The zero-order chi connectivity index (χ0) is 9.52. The molecule has 0 heterocycles. The van der Waals surface area contributed by atoms with Crippen molar-refractivity contribution in [2.75, 3.05) is 7.11 Å². The maximum atomic E-state index is 5.13. The third-order valence-electron chi connectivity index (χ3n) is 1.57. The van der Waals surface area contributed by atoms with E-state index in [-0.39, 0.29) is 0 Å². The third kappa shape index (κ3) is 2.78. The lowest BCUT2D eigenvalue weighted by molar-refractivity contribution is 0.129. The van der Waals surface area contributed by atoms with E-state index in [1.54, 1.807) is 14.0 Å². The van der Waals surface area contributed by atoms with Gasteiger partial charge in [0.15, 0.2) is 0 Å². The fourth-order valence-electron chi connectivity index (χ4n) is 0.989. The first-order valence-corrected chi connectivity index (χ1v) is 3.99. The molecule has 1 rings (SSSR count). The highest BCUT2D eigenvalue weighted by molar-refractivity contribution is 5.52. The fourth-order valence-corrected chi connectivity index (χ4v) is 0.989. The number of hydrogen-bond donors (Lipinski definition) is 0. The standard InChI is InChI=1S/C10H12NO2/c1-3-11-13-8-9-6-4-5-7-10(9)12-2/h4-7H,8H2,1-2H3. The molecule has 0 saturated carbocycles. The highest BCUT2D eigenvalue weighted by atomic mass is 16.6. The summed E-state index contributed by atoms with van der Waals surface area (Å²) in [6.45, 7) is 2.09. The second-order valence-corrected chi connectivity index (χ2v) is 2.40. The van der Waals surface area contributed by atoms with Gasteiger partial charge in [-0.15, -0.1) is 0 Å². The zero-order valence-corrected chi connectivity index (χ0v) is 7.78. The van der Waals surface area contributed by atoms with E-state index < -0.39 is 0 Å². The molecule has 0 aliphatic heterocycles. The summed E-state index contributed by atoms with van der Waals surface area (Å²) in [5.74, 6) is 0.814. The summed E-state index contributed by atoms with van der Waals surface area (Å²) >= 11 is 0. The van der Waals surface area contributed by atoms with Crippen molar-refractivity contribution in [1.29, 1.82) is 0 Å². The number of nitrogens with zero attached hydrogens (tertiary/aromatic N) is 1. The maximum absolute atomic E-state index is 5.13. The van der Waals surface area contributed by atoms with E-state index in [4.69, 9.17) is 9.57 Å². The maximum Gasteiger partial charge on any atom is 0.145 e. The molecule has 0 unspecified atom stereocenters. The van der Waals surface area contributed by atoms with Crippen molar-refractivity contribution in [1.82, 2.24) is 0 Å². The summed E-state index contributed by atoms with van der Waals surface area (Å²) in [5, 5.41) is 3.54. The van der Waals surface area contributed by atoms with E-state index in [9.17, 15) is 0 Å². The van der Waals surface area contributed by atoms with Gasteiger partial charge < -0.3 is 9.57 Å². The Hall–Kier alpha value is -1.51. The molecule has 3 heteroatoms. The van der Waals surface area contributed by atoms with Crippen LogP contribution < -0.4 is 4.74 Å². The van der Waals surface area contributed by atoms with Crippen LogP contribution >= 0.6 is 0 Å². The highest BCUT2D eigenvalue weighted by Gasteiger charge is 2.00. The number of hydrogen-bond acceptors (Lipinski definition) is 3. The van der Waals surface area contributed by atoms with Crippen molar-refractivity contribution >= 4 is 6.21 Å². The van der Waals surface area contributed by atoms with Crippen molar-refractivity contribution in [3.8, 4) is 5.75 Å². The van der Waals surface area contributed by atoms with Gasteiger partial charge in [-0.3, -0.25) is 0 Å². The molecular formula is C10H12NO2. The van der Waals surface area contributed by atoms with Gasteiger partial charge in [-0.05, 0) is 13.0 Å². The summed E-state index contributed by atoms with van der Waals surface area (Å²) in [6, 6.07) is 7.67. The lowest BCUT2D eigenvalue weighted by Gasteiger charge is -2.05. The van der Waals surface area contributed by atoms with E-state index in [2.05, 4.69) is 11.4 Å². The van der Waals surface area contributed by atoms with Gasteiger partial charge in [-0.2, -0.15) is 0 Å². The van der Waals surface area contributed by atoms with Crippen LogP contribution in [0.4, 0.5) is 0 Å². The van der Waals surface area contributed by atoms with Crippen LogP contribution in [0.15, 0.2) is 29.4 Å². The summed E-state index contributed by atoms with van der Waals surface area (Å²) in [5.41, 5.74) is 0.976. The Morgan fingerprint density at radius 2 is 2.15 bits per heavy atom. The molecule has 13 heavy (non-hydrogen) atoms. The molecule has 0 aliphatic rings. The Labute approximate surface area is 78.0 Å². The van der Waals surface area contributed by atoms with Crippen LogP contribution in [-0.4, -0.2) is 13.3 Å². The Balaban J connectivity index is 2.64. The minimum Gasteiger partial charge on any atom is -0.496 e. The smallest absolute Gasteiger partial charge is 0.145 e. The Morgan fingerprint density at radius 3 is 2.85 bits per heavy atom. The number of methoxy groups -OCH3 is 1. The average Bonchev–Trinajstić information content (AvgIpc) is 2.19. The Morgan fingerprint density at radius 1 is 1.38 bits per heavy atom.